The molecule has 4 nitrogen and oxygen atoms in total. The number of halogens is 1. The Hall–Kier alpha value is -1.55. The number of amides is 1. The number of carboxylic acids is 1. The van der Waals surface area contributed by atoms with Gasteiger partial charge in [0.1, 0.15) is 0 Å². The molecule has 2 unspecified atom stereocenters. The lowest BCUT2D eigenvalue weighted by atomic mass is 9.94. The molecule has 0 heterocycles. The molecule has 0 bridgehead atoms. The molecule has 110 valence electrons. The second kappa shape index (κ2) is 7.29. The molecule has 1 aromatic rings. The number of carbonyl (C=O) groups is 2. The predicted octanol–water partition coefficient (Wildman–Crippen LogP) is 3.26. The Balaban J connectivity index is 2.76. The standard InChI is InChI=1S/C15H20ClNO3/c1-9(2)10(3)8-13(18)17-14(15(19)20)11-4-6-12(16)7-5-11/h4-7,9-10,14H,8H2,1-3H3,(H,17,18)(H,19,20). The Bertz CT molecular complexity index is 471. The van der Waals surface area contributed by atoms with Gasteiger partial charge in [0.2, 0.25) is 5.91 Å². The third-order valence-electron chi connectivity index (χ3n) is 3.40. The minimum Gasteiger partial charge on any atom is -0.479 e. The molecule has 0 aliphatic carbocycles. The highest BCUT2D eigenvalue weighted by molar-refractivity contribution is 6.30. The summed E-state index contributed by atoms with van der Waals surface area (Å²) in [4.78, 5) is 23.2. The van der Waals surface area contributed by atoms with Crippen LogP contribution in [0.25, 0.3) is 0 Å². The minimum absolute atomic E-state index is 0.203. The molecule has 0 aromatic heterocycles. The fourth-order valence-corrected chi connectivity index (χ4v) is 1.82. The summed E-state index contributed by atoms with van der Waals surface area (Å²) < 4.78 is 0. The summed E-state index contributed by atoms with van der Waals surface area (Å²) >= 11 is 5.77. The van der Waals surface area contributed by atoms with Gasteiger partial charge in [-0.2, -0.15) is 0 Å². The first-order valence-electron chi connectivity index (χ1n) is 6.59. The van der Waals surface area contributed by atoms with Gasteiger partial charge in [0.15, 0.2) is 6.04 Å². The summed E-state index contributed by atoms with van der Waals surface area (Å²) in [6.07, 6.45) is 0.315. The summed E-state index contributed by atoms with van der Waals surface area (Å²) in [5.41, 5.74) is 0.507. The van der Waals surface area contributed by atoms with Crippen molar-refractivity contribution >= 4 is 23.5 Å². The maximum Gasteiger partial charge on any atom is 0.330 e. The van der Waals surface area contributed by atoms with Crippen LogP contribution in [0.15, 0.2) is 24.3 Å². The van der Waals surface area contributed by atoms with Crippen LogP contribution >= 0.6 is 11.6 Å². The maximum absolute atomic E-state index is 11.9. The van der Waals surface area contributed by atoms with E-state index in [4.69, 9.17) is 11.6 Å². The zero-order chi connectivity index (χ0) is 15.3. The SMILES string of the molecule is CC(C)C(C)CC(=O)NC(C(=O)O)c1ccc(Cl)cc1. The van der Waals surface area contributed by atoms with E-state index >= 15 is 0 Å². The summed E-state index contributed by atoms with van der Waals surface area (Å²) in [5, 5.41) is 12.3. The molecule has 0 saturated carbocycles. The number of carbonyl (C=O) groups excluding carboxylic acids is 1. The summed E-state index contributed by atoms with van der Waals surface area (Å²) in [7, 11) is 0. The molecule has 20 heavy (non-hydrogen) atoms. The molecule has 0 aliphatic heterocycles. The van der Waals surface area contributed by atoms with Crippen molar-refractivity contribution < 1.29 is 14.7 Å². The van der Waals surface area contributed by atoms with Gasteiger partial charge in [-0.1, -0.05) is 44.5 Å². The van der Waals surface area contributed by atoms with E-state index in [9.17, 15) is 14.7 Å². The Morgan fingerprint density at radius 3 is 2.20 bits per heavy atom. The quantitative estimate of drug-likeness (QED) is 0.847. The molecule has 0 spiro atoms. The van der Waals surface area contributed by atoms with E-state index in [1.165, 1.54) is 0 Å². The van der Waals surface area contributed by atoms with E-state index < -0.39 is 12.0 Å². The van der Waals surface area contributed by atoms with Gasteiger partial charge in [0.05, 0.1) is 0 Å². The third-order valence-corrected chi connectivity index (χ3v) is 3.65. The highest BCUT2D eigenvalue weighted by Crippen LogP contribution is 2.19. The number of rotatable bonds is 6. The molecular formula is C15H20ClNO3. The van der Waals surface area contributed by atoms with Crippen LogP contribution in [-0.4, -0.2) is 17.0 Å². The maximum atomic E-state index is 11.9. The average Bonchev–Trinajstić information content (AvgIpc) is 2.36. The van der Waals surface area contributed by atoms with Gasteiger partial charge in [-0.15, -0.1) is 0 Å². The monoisotopic (exact) mass is 297 g/mol. The Kier molecular flexibility index (Phi) is 6.02. The number of benzene rings is 1. The second-order valence-corrected chi connectivity index (χ2v) is 5.75. The van der Waals surface area contributed by atoms with E-state index in [-0.39, 0.29) is 11.8 Å². The molecule has 1 aromatic carbocycles. The van der Waals surface area contributed by atoms with Crippen LogP contribution in [0.5, 0.6) is 0 Å². The van der Waals surface area contributed by atoms with Crippen molar-refractivity contribution in [2.75, 3.05) is 0 Å². The van der Waals surface area contributed by atoms with E-state index in [0.29, 0.717) is 22.9 Å². The van der Waals surface area contributed by atoms with Crippen LogP contribution in [0.1, 0.15) is 38.8 Å². The van der Waals surface area contributed by atoms with Gasteiger partial charge in [-0.05, 0) is 29.5 Å². The van der Waals surface area contributed by atoms with Gasteiger partial charge in [0, 0.05) is 11.4 Å². The van der Waals surface area contributed by atoms with Crippen molar-refractivity contribution in [1.29, 1.82) is 0 Å². The normalized spacial score (nSPS) is 13.8. The Labute approximate surface area is 124 Å². The molecule has 2 atom stereocenters. The van der Waals surface area contributed by atoms with Crippen molar-refractivity contribution in [1.82, 2.24) is 5.32 Å². The van der Waals surface area contributed by atoms with Crippen molar-refractivity contribution in [3.63, 3.8) is 0 Å². The lowest BCUT2D eigenvalue weighted by Gasteiger charge is -2.18. The average molecular weight is 298 g/mol. The van der Waals surface area contributed by atoms with Gasteiger partial charge >= 0.3 is 5.97 Å². The zero-order valence-electron chi connectivity index (χ0n) is 11.9. The topological polar surface area (TPSA) is 66.4 Å². The Morgan fingerprint density at radius 1 is 1.20 bits per heavy atom. The van der Waals surface area contributed by atoms with Gasteiger partial charge in [0.25, 0.3) is 0 Å². The molecule has 0 radical (unpaired) electrons. The van der Waals surface area contributed by atoms with Crippen molar-refractivity contribution in [2.45, 2.75) is 33.2 Å². The van der Waals surface area contributed by atoms with Crippen LogP contribution in [-0.2, 0) is 9.59 Å². The van der Waals surface area contributed by atoms with E-state index in [1.54, 1.807) is 24.3 Å². The van der Waals surface area contributed by atoms with Crippen LogP contribution < -0.4 is 5.32 Å². The van der Waals surface area contributed by atoms with Crippen molar-refractivity contribution in [3.8, 4) is 0 Å². The van der Waals surface area contributed by atoms with Gasteiger partial charge in [-0.3, -0.25) is 4.79 Å². The van der Waals surface area contributed by atoms with E-state index in [1.807, 2.05) is 20.8 Å². The summed E-state index contributed by atoms with van der Waals surface area (Å²) in [6, 6.07) is 5.38. The van der Waals surface area contributed by atoms with Crippen LogP contribution in [0.4, 0.5) is 0 Å². The first-order chi connectivity index (χ1) is 9.31. The largest absolute Gasteiger partial charge is 0.479 e. The van der Waals surface area contributed by atoms with Crippen LogP contribution in [0.3, 0.4) is 0 Å². The van der Waals surface area contributed by atoms with Crippen LogP contribution in [0, 0.1) is 11.8 Å². The molecule has 0 fully saturated rings. The zero-order valence-corrected chi connectivity index (χ0v) is 12.6. The number of hydrogen-bond donors (Lipinski definition) is 2. The molecule has 0 aliphatic rings. The fraction of sp³-hybridized carbons (Fsp3) is 0.467. The number of aliphatic carboxylic acids is 1. The molecule has 2 N–H and O–H groups in total. The highest BCUT2D eigenvalue weighted by atomic mass is 35.5. The fourth-order valence-electron chi connectivity index (χ4n) is 1.69. The van der Waals surface area contributed by atoms with Gasteiger partial charge in [-0.25, -0.2) is 4.79 Å². The molecule has 1 amide bonds. The van der Waals surface area contributed by atoms with E-state index in [2.05, 4.69) is 5.32 Å². The lowest BCUT2D eigenvalue weighted by molar-refractivity contribution is -0.142. The first-order valence-corrected chi connectivity index (χ1v) is 6.96. The first kappa shape index (κ1) is 16.5. The number of carboxylic acid groups (broad SMARTS) is 1. The lowest BCUT2D eigenvalue weighted by Crippen LogP contribution is -2.34. The Morgan fingerprint density at radius 2 is 1.75 bits per heavy atom. The molecule has 1 rings (SSSR count). The second-order valence-electron chi connectivity index (χ2n) is 5.32. The van der Waals surface area contributed by atoms with Crippen LogP contribution in [0.2, 0.25) is 5.02 Å². The van der Waals surface area contributed by atoms with Gasteiger partial charge < -0.3 is 10.4 Å². The smallest absolute Gasteiger partial charge is 0.330 e. The number of nitrogens with one attached hydrogen (secondary N) is 1. The highest BCUT2D eigenvalue weighted by Gasteiger charge is 2.23. The minimum atomic E-state index is -1.09. The molecular weight excluding hydrogens is 278 g/mol. The number of hydrogen-bond acceptors (Lipinski definition) is 2. The molecule has 5 heteroatoms. The molecule has 0 saturated heterocycles. The van der Waals surface area contributed by atoms with Crippen molar-refractivity contribution in [2.24, 2.45) is 11.8 Å². The van der Waals surface area contributed by atoms with E-state index in [0.717, 1.165) is 0 Å². The third kappa shape index (κ3) is 4.85. The summed E-state index contributed by atoms with van der Waals surface area (Å²) in [6.45, 7) is 6.04. The summed E-state index contributed by atoms with van der Waals surface area (Å²) in [5.74, 6) is -0.763. The predicted molar refractivity (Wildman–Crippen MR) is 78.6 cm³/mol. The van der Waals surface area contributed by atoms with Crippen molar-refractivity contribution in [3.05, 3.63) is 34.9 Å².